The molecular formula is C12H18ClN3. The lowest BCUT2D eigenvalue weighted by atomic mass is 9.88. The van der Waals surface area contributed by atoms with E-state index in [-0.39, 0.29) is 0 Å². The third-order valence-corrected chi connectivity index (χ3v) is 3.73. The van der Waals surface area contributed by atoms with E-state index < -0.39 is 0 Å². The number of nitrogens with zero attached hydrogens (tertiary/aromatic N) is 3. The van der Waals surface area contributed by atoms with Crippen LogP contribution in [0.25, 0.3) is 0 Å². The van der Waals surface area contributed by atoms with Gasteiger partial charge in [0.2, 0.25) is 5.28 Å². The normalized spacial score (nSPS) is 25.9. The van der Waals surface area contributed by atoms with Crippen LogP contribution >= 0.6 is 11.6 Å². The van der Waals surface area contributed by atoms with Crippen LogP contribution in [0.3, 0.4) is 0 Å². The maximum absolute atomic E-state index is 5.85. The molecule has 16 heavy (non-hydrogen) atoms. The highest BCUT2D eigenvalue weighted by Crippen LogP contribution is 2.27. The summed E-state index contributed by atoms with van der Waals surface area (Å²) in [5, 5.41) is 0.340. The highest BCUT2D eigenvalue weighted by Gasteiger charge is 2.24. The lowest BCUT2D eigenvalue weighted by Crippen LogP contribution is -2.39. The first-order valence-electron chi connectivity index (χ1n) is 5.82. The van der Waals surface area contributed by atoms with E-state index in [0.717, 1.165) is 30.4 Å². The second-order valence-corrected chi connectivity index (χ2v) is 5.17. The van der Waals surface area contributed by atoms with Crippen molar-refractivity contribution in [3.05, 3.63) is 17.0 Å². The third kappa shape index (κ3) is 2.29. The molecular weight excluding hydrogens is 222 g/mol. The molecule has 0 saturated carbocycles. The third-order valence-electron chi connectivity index (χ3n) is 3.55. The van der Waals surface area contributed by atoms with E-state index in [1.54, 1.807) is 6.20 Å². The zero-order chi connectivity index (χ0) is 11.7. The predicted molar refractivity (Wildman–Crippen MR) is 66.9 cm³/mol. The van der Waals surface area contributed by atoms with Crippen LogP contribution in [0.2, 0.25) is 5.28 Å². The molecule has 1 aromatic rings. The van der Waals surface area contributed by atoms with Gasteiger partial charge in [0.25, 0.3) is 0 Å². The smallest absolute Gasteiger partial charge is 0.224 e. The Balaban J connectivity index is 2.21. The predicted octanol–water partition coefficient (Wildman–Crippen LogP) is 2.92. The second-order valence-electron chi connectivity index (χ2n) is 4.83. The minimum absolute atomic E-state index is 0.340. The molecule has 1 fully saturated rings. The fourth-order valence-electron chi connectivity index (χ4n) is 2.19. The van der Waals surface area contributed by atoms with Crippen molar-refractivity contribution in [1.82, 2.24) is 9.97 Å². The van der Waals surface area contributed by atoms with Crippen molar-refractivity contribution >= 4 is 17.4 Å². The van der Waals surface area contributed by atoms with Gasteiger partial charge in [-0.1, -0.05) is 13.8 Å². The van der Waals surface area contributed by atoms with Gasteiger partial charge in [0.05, 0.1) is 0 Å². The van der Waals surface area contributed by atoms with Crippen LogP contribution in [0.5, 0.6) is 0 Å². The van der Waals surface area contributed by atoms with Gasteiger partial charge in [-0.3, -0.25) is 0 Å². The molecule has 88 valence electrons. The van der Waals surface area contributed by atoms with Crippen LogP contribution in [0.15, 0.2) is 6.20 Å². The van der Waals surface area contributed by atoms with Crippen LogP contribution in [-0.4, -0.2) is 23.1 Å². The molecule has 1 saturated heterocycles. The number of halogens is 1. The molecule has 1 aliphatic rings. The van der Waals surface area contributed by atoms with E-state index in [2.05, 4.69) is 28.7 Å². The lowest BCUT2D eigenvalue weighted by Gasteiger charge is -2.36. The zero-order valence-corrected chi connectivity index (χ0v) is 10.8. The number of rotatable bonds is 1. The molecule has 2 rings (SSSR count). The Labute approximate surface area is 102 Å². The van der Waals surface area contributed by atoms with Crippen molar-refractivity contribution in [2.75, 3.05) is 18.0 Å². The van der Waals surface area contributed by atoms with Gasteiger partial charge in [0, 0.05) is 24.8 Å². The Kier molecular flexibility index (Phi) is 3.33. The van der Waals surface area contributed by atoms with Gasteiger partial charge in [-0.2, -0.15) is 0 Å². The Morgan fingerprint density at radius 3 is 2.81 bits per heavy atom. The van der Waals surface area contributed by atoms with E-state index >= 15 is 0 Å². The average Bonchev–Trinajstić information content (AvgIpc) is 2.26. The van der Waals surface area contributed by atoms with E-state index in [4.69, 9.17) is 11.6 Å². The number of aromatic nitrogens is 2. The summed E-state index contributed by atoms with van der Waals surface area (Å²) in [6.07, 6.45) is 3.02. The van der Waals surface area contributed by atoms with Gasteiger partial charge in [-0.05, 0) is 36.8 Å². The Bertz CT molecular complexity index is 381. The van der Waals surface area contributed by atoms with Gasteiger partial charge in [0.15, 0.2) is 0 Å². The van der Waals surface area contributed by atoms with Crippen molar-refractivity contribution < 1.29 is 0 Å². The van der Waals surface area contributed by atoms with Crippen LogP contribution in [-0.2, 0) is 0 Å². The lowest BCUT2D eigenvalue weighted by molar-refractivity contribution is 0.322. The highest BCUT2D eigenvalue weighted by molar-refractivity contribution is 6.28. The standard InChI is InChI=1S/C12H18ClN3/c1-8-4-5-16(7-10(8)3)11-9(2)6-14-12(13)15-11/h6,8,10H,4-5,7H2,1-3H3. The fourth-order valence-corrected chi connectivity index (χ4v) is 2.32. The number of aryl methyl sites for hydroxylation is 1. The van der Waals surface area contributed by atoms with Gasteiger partial charge >= 0.3 is 0 Å². The first kappa shape index (κ1) is 11.6. The summed E-state index contributed by atoms with van der Waals surface area (Å²) in [5.74, 6) is 2.51. The molecule has 1 aliphatic heterocycles. The van der Waals surface area contributed by atoms with Gasteiger partial charge in [-0.15, -0.1) is 0 Å². The molecule has 4 heteroatoms. The van der Waals surface area contributed by atoms with Crippen molar-refractivity contribution in [1.29, 1.82) is 0 Å². The first-order chi connectivity index (χ1) is 7.58. The summed E-state index contributed by atoms with van der Waals surface area (Å²) in [6, 6.07) is 0. The largest absolute Gasteiger partial charge is 0.356 e. The minimum Gasteiger partial charge on any atom is -0.356 e. The first-order valence-corrected chi connectivity index (χ1v) is 6.20. The SMILES string of the molecule is Cc1cnc(Cl)nc1N1CCC(C)C(C)C1. The molecule has 0 radical (unpaired) electrons. The average molecular weight is 240 g/mol. The van der Waals surface area contributed by atoms with E-state index in [1.807, 2.05) is 6.92 Å². The topological polar surface area (TPSA) is 29.0 Å². The summed E-state index contributed by atoms with van der Waals surface area (Å²) in [4.78, 5) is 10.7. The Hall–Kier alpha value is -0.830. The molecule has 2 heterocycles. The molecule has 0 N–H and O–H groups in total. The van der Waals surface area contributed by atoms with Crippen LogP contribution in [0.4, 0.5) is 5.82 Å². The van der Waals surface area contributed by atoms with Crippen molar-refractivity contribution in [2.24, 2.45) is 11.8 Å². The number of piperidine rings is 1. The molecule has 0 amide bonds. The molecule has 0 aromatic carbocycles. The Morgan fingerprint density at radius 1 is 1.38 bits per heavy atom. The van der Waals surface area contributed by atoms with E-state index in [1.165, 1.54) is 6.42 Å². The molecule has 0 bridgehead atoms. The van der Waals surface area contributed by atoms with E-state index in [0.29, 0.717) is 11.2 Å². The monoisotopic (exact) mass is 239 g/mol. The summed E-state index contributed by atoms with van der Waals surface area (Å²) < 4.78 is 0. The fraction of sp³-hybridized carbons (Fsp3) is 0.667. The second kappa shape index (κ2) is 4.58. The van der Waals surface area contributed by atoms with Crippen molar-refractivity contribution in [3.63, 3.8) is 0 Å². The molecule has 0 spiro atoms. The zero-order valence-electron chi connectivity index (χ0n) is 10.1. The maximum atomic E-state index is 5.85. The van der Waals surface area contributed by atoms with Gasteiger partial charge in [0.1, 0.15) is 5.82 Å². The summed E-state index contributed by atoms with van der Waals surface area (Å²) in [5.41, 5.74) is 1.10. The quantitative estimate of drug-likeness (QED) is 0.706. The van der Waals surface area contributed by atoms with Gasteiger partial charge in [-0.25, -0.2) is 9.97 Å². The number of hydrogen-bond acceptors (Lipinski definition) is 3. The van der Waals surface area contributed by atoms with Crippen molar-refractivity contribution in [2.45, 2.75) is 27.2 Å². The number of anilines is 1. The molecule has 3 nitrogen and oxygen atoms in total. The molecule has 1 aromatic heterocycles. The van der Waals surface area contributed by atoms with Crippen LogP contribution in [0.1, 0.15) is 25.8 Å². The van der Waals surface area contributed by atoms with Crippen LogP contribution in [0, 0.1) is 18.8 Å². The summed E-state index contributed by atoms with van der Waals surface area (Å²) in [7, 11) is 0. The summed E-state index contributed by atoms with van der Waals surface area (Å²) in [6.45, 7) is 8.79. The molecule has 2 unspecified atom stereocenters. The summed E-state index contributed by atoms with van der Waals surface area (Å²) >= 11 is 5.85. The van der Waals surface area contributed by atoms with Crippen molar-refractivity contribution in [3.8, 4) is 0 Å². The van der Waals surface area contributed by atoms with Gasteiger partial charge < -0.3 is 4.90 Å². The number of hydrogen-bond donors (Lipinski definition) is 0. The minimum atomic E-state index is 0.340. The van der Waals surface area contributed by atoms with E-state index in [9.17, 15) is 0 Å². The Morgan fingerprint density at radius 2 is 2.12 bits per heavy atom. The maximum Gasteiger partial charge on any atom is 0.224 e. The molecule has 2 atom stereocenters. The van der Waals surface area contributed by atoms with Crippen LogP contribution < -0.4 is 4.90 Å². The highest BCUT2D eigenvalue weighted by atomic mass is 35.5. The molecule has 0 aliphatic carbocycles.